The molecule has 0 saturated carbocycles. The number of hydrazine groups is 6. The Balaban J connectivity index is 2.00. The van der Waals surface area contributed by atoms with Crippen LogP contribution in [0.3, 0.4) is 0 Å². The average molecular weight is 287 g/mol. The highest BCUT2D eigenvalue weighted by atomic mass is 15.9. The van der Waals surface area contributed by atoms with Crippen LogP contribution in [0.25, 0.3) is 0 Å². The minimum absolute atomic E-state index is 0.973. The van der Waals surface area contributed by atoms with Gasteiger partial charge >= 0.3 is 0 Å². The van der Waals surface area contributed by atoms with Crippen molar-refractivity contribution in [3.63, 3.8) is 0 Å². The maximum absolute atomic E-state index is 3.10. The molecule has 1 rings (SSSR count). The summed E-state index contributed by atoms with van der Waals surface area (Å²) in [6.45, 7) is 1.95. The molecule has 1 aliphatic heterocycles. The van der Waals surface area contributed by atoms with Gasteiger partial charge in [0.15, 0.2) is 0 Å². The predicted octanol–water partition coefficient (Wildman–Crippen LogP) is 0.908. The second-order valence-corrected chi connectivity index (χ2v) is 5.37. The highest BCUT2D eigenvalue weighted by Crippen LogP contribution is 2.10. The quantitative estimate of drug-likeness (QED) is 0.357. The largest absolute Gasteiger partial charge is 0.243 e. The number of nitrogens with one attached hydrogen (secondary N) is 7. The molecule has 1 heterocycles. The average Bonchev–Trinajstić information content (AvgIpc) is 2.46. The summed E-state index contributed by atoms with van der Waals surface area (Å²) in [5.74, 6) is 0. The Labute approximate surface area is 123 Å². The molecule has 7 N–H and O–H groups in total. The maximum Gasteiger partial charge on any atom is 0.0113 e. The number of hydrogen-bond acceptors (Lipinski definition) is 7. The third-order valence-electron chi connectivity index (χ3n) is 3.53. The fourth-order valence-electron chi connectivity index (χ4n) is 2.32. The number of rotatable bonds is 0. The van der Waals surface area contributed by atoms with E-state index in [4.69, 9.17) is 0 Å². The van der Waals surface area contributed by atoms with Gasteiger partial charge in [0.25, 0.3) is 0 Å². The van der Waals surface area contributed by atoms with Crippen molar-refractivity contribution >= 4 is 0 Å². The molecule has 20 heavy (non-hydrogen) atoms. The van der Waals surface area contributed by atoms with E-state index in [2.05, 4.69) is 38.5 Å². The van der Waals surface area contributed by atoms with E-state index in [1.807, 2.05) is 0 Å². The van der Waals surface area contributed by atoms with Gasteiger partial charge in [0, 0.05) is 13.1 Å². The third-order valence-corrected chi connectivity index (χ3v) is 3.53. The lowest BCUT2D eigenvalue weighted by atomic mass is 10.1. The van der Waals surface area contributed by atoms with Gasteiger partial charge in [-0.15, -0.1) is 0 Å². The first-order valence-corrected chi connectivity index (χ1v) is 8.21. The molecule has 1 aliphatic rings. The molecule has 0 aromatic carbocycles. The molecule has 0 unspecified atom stereocenters. The van der Waals surface area contributed by atoms with Crippen LogP contribution in [-0.2, 0) is 0 Å². The lowest BCUT2D eigenvalue weighted by molar-refractivity contribution is 0.270. The highest BCUT2D eigenvalue weighted by Gasteiger charge is 1.94. The molecule has 1 saturated heterocycles. The van der Waals surface area contributed by atoms with E-state index in [1.54, 1.807) is 0 Å². The summed E-state index contributed by atoms with van der Waals surface area (Å²) >= 11 is 0. The molecule has 0 amide bonds. The Hall–Kier alpha value is -0.280. The topological polar surface area (TPSA) is 84.2 Å². The molecule has 120 valence electrons. The molecule has 0 aromatic rings. The molecule has 0 atom stereocenters. The SMILES string of the molecule is C1CCCCCCNNNNNNNCCCCCC1. The summed E-state index contributed by atoms with van der Waals surface area (Å²) < 4.78 is 0. The molecule has 0 aromatic heterocycles. The Bertz CT molecular complexity index is 105. The molecule has 7 nitrogen and oxygen atoms in total. The van der Waals surface area contributed by atoms with Gasteiger partial charge in [-0.25, -0.2) is 10.9 Å². The van der Waals surface area contributed by atoms with Crippen LogP contribution in [0.1, 0.15) is 70.6 Å². The van der Waals surface area contributed by atoms with Gasteiger partial charge in [-0.1, -0.05) is 57.8 Å². The van der Waals surface area contributed by atoms with Crippen molar-refractivity contribution in [1.82, 2.24) is 38.5 Å². The Morgan fingerprint density at radius 2 is 0.600 bits per heavy atom. The first-order chi connectivity index (χ1) is 10.0. The summed E-state index contributed by atoms with van der Waals surface area (Å²) in [6.07, 6.45) is 14.8. The zero-order valence-electron chi connectivity index (χ0n) is 12.7. The smallest absolute Gasteiger partial charge is 0.0113 e. The fourth-order valence-corrected chi connectivity index (χ4v) is 2.32. The van der Waals surface area contributed by atoms with E-state index in [-0.39, 0.29) is 0 Å². The normalized spacial score (nSPS) is 24.0. The van der Waals surface area contributed by atoms with E-state index in [0.29, 0.717) is 0 Å². The molecule has 0 spiro atoms. The molecular formula is C13H33N7. The van der Waals surface area contributed by atoms with Crippen molar-refractivity contribution in [2.75, 3.05) is 13.1 Å². The maximum atomic E-state index is 3.10. The second-order valence-electron chi connectivity index (χ2n) is 5.37. The van der Waals surface area contributed by atoms with Crippen LogP contribution in [0, 0.1) is 0 Å². The van der Waals surface area contributed by atoms with Crippen molar-refractivity contribution in [3.05, 3.63) is 0 Å². The molecule has 0 bridgehead atoms. The van der Waals surface area contributed by atoms with E-state index >= 15 is 0 Å². The van der Waals surface area contributed by atoms with Crippen molar-refractivity contribution in [1.29, 1.82) is 0 Å². The molecule has 1 fully saturated rings. The second kappa shape index (κ2) is 15.1. The summed E-state index contributed by atoms with van der Waals surface area (Å²) in [6, 6.07) is 0. The molecular weight excluding hydrogens is 254 g/mol. The van der Waals surface area contributed by atoms with Gasteiger partial charge < -0.3 is 0 Å². The van der Waals surface area contributed by atoms with Gasteiger partial charge in [0.1, 0.15) is 0 Å². The zero-order valence-corrected chi connectivity index (χ0v) is 12.7. The summed E-state index contributed by atoms with van der Waals surface area (Å²) in [7, 11) is 0. The molecule has 7 heteroatoms. The van der Waals surface area contributed by atoms with E-state index in [1.165, 1.54) is 70.6 Å². The van der Waals surface area contributed by atoms with Crippen LogP contribution in [0.5, 0.6) is 0 Å². The van der Waals surface area contributed by atoms with Crippen molar-refractivity contribution in [2.45, 2.75) is 70.6 Å². The van der Waals surface area contributed by atoms with Gasteiger partial charge in [-0.05, 0) is 12.8 Å². The highest BCUT2D eigenvalue weighted by molar-refractivity contribution is 4.50. The minimum atomic E-state index is 0.973. The Kier molecular flexibility index (Phi) is 13.4. The zero-order chi connectivity index (χ0) is 14.1. The van der Waals surface area contributed by atoms with Crippen LogP contribution in [0.4, 0.5) is 0 Å². The van der Waals surface area contributed by atoms with Crippen LogP contribution >= 0.6 is 0 Å². The minimum Gasteiger partial charge on any atom is -0.243 e. The summed E-state index contributed by atoms with van der Waals surface area (Å²) in [5, 5.41) is 0. The molecule has 0 radical (unpaired) electrons. The van der Waals surface area contributed by atoms with Crippen molar-refractivity contribution in [2.24, 2.45) is 0 Å². The van der Waals surface area contributed by atoms with Gasteiger partial charge in [0.05, 0.1) is 0 Å². The predicted molar refractivity (Wildman–Crippen MR) is 82.5 cm³/mol. The van der Waals surface area contributed by atoms with Gasteiger partial charge in [0.2, 0.25) is 0 Å². The van der Waals surface area contributed by atoms with Crippen LogP contribution in [0.15, 0.2) is 0 Å². The van der Waals surface area contributed by atoms with Crippen molar-refractivity contribution in [3.8, 4) is 0 Å². The third kappa shape index (κ3) is 12.7. The number of hydrogen-bond donors (Lipinski definition) is 7. The lowest BCUT2D eigenvalue weighted by Gasteiger charge is -2.12. The Morgan fingerprint density at radius 3 is 1.00 bits per heavy atom. The summed E-state index contributed by atoms with van der Waals surface area (Å²) in [4.78, 5) is 0. The lowest BCUT2D eigenvalue weighted by Crippen LogP contribution is -2.61. The molecule has 0 aliphatic carbocycles. The van der Waals surface area contributed by atoms with Gasteiger partial charge in [-0.3, -0.25) is 0 Å². The monoisotopic (exact) mass is 287 g/mol. The fraction of sp³-hybridized carbons (Fsp3) is 1.00. The van der Waals surface area contributed by atoms with E-state index in [0.717, 1.165) is 13.1 Å². The van der Waals surface area contributed by atoms with Crippen LogP contribution in [-0.4, -0.2) is 13.1 Å². The van der Waals surface area contributed by atoms with Gasteiger partial charge in [-0.2, -0.15) is 27.7 Å². The Morgan fingerprint density at radius 1 is 0.300 bits per heavy atom. The summed E-state index contributed by atoms with van der Waals surface area (Å²) in [5.41, 5.74) is 20.3. The first-order valence-electron chi connectivity index (χ1n) is 8.21. The van der Waals surface area contributed by atoms with Crippen molar-refractivity contribution < 1.29 is 0 Å². The van der Waals surface area contributed by atoms with Crippen LogP contribution in [0.2, 0.25) is 0 Å². The van der Waals surface area contributed by atoms with E-state index < -0.39 is 0 Å². The standard InChI is InChI=1S/C13H33N7/c1-2-4-6-8-10-12-14-16-18-20-19-17-15-13-11-9-7-5-3-1/h14-20H,1-13H2. The first kappa shape index (κ1) is 17.8. The van der Waals surface area contributed by atoms with Crippen LogP contribution < -0.4 is 38.5 Å². The van der Waals surface area contributed by atoms with E-state index in [9.17, 15) is 0 Å².